The highest BCUT2D eigenvalue weighted by atomic mass is 16.3. The molecule has 134 valence electrons. The zero-order valence-corrected chi connectivity index (χ0v) is 15.1. The van der Waals surface area contributed by atoms with Gasteiger partial charge in [-0.2, -0.15) is 0 Å². The average molecular weight is 333 g/mol. The summed E-state index contributed by atoms with van der Waals surface area (Å²) in [4.78, 5) is 4.88. The maximum atomic E-state index is 9.64. The minimum absolute atomic E-state index is 0.123. The lowest BCUT2D eigenvalue weighted by Gasteiger charge is -2.31. The van der Waals surface area contributed by atoms with Crippen LogP contribution in [0.25, 0.3) is 0 Å². The van der Waals surface area contributed by atoms with Gasteiger partial charge in [-0.25, -0.2) is 0 Å². The number of hydrogen-bond acceptors (Lipinski definition) is 5. The molecule has 1 aromatic rings. The summed E-state index contributed by atoms with van der Waals surface area (Å²) >= 11 is 0. The van der Waals surface area contributed by atoms with Crippen LogP contribution in [-0.2, 0) is 13.6 Å². The maximum Gasteiger partial charge on any atom is 0.146 e. The first-order chi connectivity index (χ1) is 11.7. The minimum Gasteiger partial charge on any atom is -0.393 e. The van der Waals surface area contributed by atoms with E-state index < -0.39 is 0 Å². The fraction of sp³-hybridized carbons (Fsp3) is 0.778. The number of aliphatic hydroxyl groups is 1. The number of allylic oxidation sites excluding steroid dienone is 1. The van der Waals surface area contributed by atoms with Crippen LogP contribution in [-0.4, -0.2) is 68.5 Å². The standard InChI is InChI=1S/C18H31N5O/c1-3-4-9-22-10-5-6-15(13-22)18-20-19-17(21(18)2)14-23-11-7-16(24)8-12-23/h3-4,15-16,24H,5-14H2,1-2H3/b4-3+. The molecule has 1 unspecified atom stereocenters. The van der Waals surface area contributed by atoms with Crippen LogP contribution >= 0.6 is 0 Å². The summed E-state index contributed by atoms with van der Waals surface area (Å²) < 4.78 is 2.20. The molecular formula is C18H31N5O. The lowest BCUT2D eigenvalue weighted by molar-refractivity contribution is 0.0775. The number of piperidine rings is 2. The van der Waals surface area contributed by atoms with Crippen molar-refractivity contribution in [1.82, 2.24) is 24.6 Å². The largest absolute Gasteiger partial charge is 0.393 e. The molecule has 2 aliphatic heterocycles. The molecule has 6 heteroatoms. The third-order valence-corrected chi connectivity index (χ3v) is 5.39. The molecule has 0 radical (unpaired) electrons. The van der Waals surface area contributed by atoms with E-state index in [1.165, 1.54) is 19.4 Å². The van der Waals surface area contributed by atoms with Gasteiger partial charge in [0, 0.05) is 39.1 Å². The Labute approximate surface area is 145 Å². The van der Waals surface area contributed by atoms with Gasteiger partial charge in [0.2, 0.25) is 0 Å². The summed E-state index contributed by atoms with van der Waals surface area (Å²) in [7, 11) is 2.11. The van der Waals surface area contributed by atoms with Crippen LogP contribution in [0.1, 0.15) is 50.2 Å². The highest BCUT2D eigenvalue weighted by Gasteiger charge is 2.26. The third-order valence-electron chi connectivity index (χ3n) is 5.39. The van der Waals surface area contributed by atoms with Crippen molar-refractivity contribution in [1.29, 1.82) is 0 Å². The van der Waals surface area contributed by atoms with Gasteiger partial charge in [0.05, 0.1) is 12.6 Å². The van der Waals surface area contributed by atoms with Crippen molar-refractivity contribution in [2.45, 2.75) is 51.2 Å². The van der Waals surface area contributed by atoms with E-state index in [0.717, 1.165) is 57.2 Å². The summed E-state index contributed by atoms with van der Waals surface area (Å²) in [6, 6.07) is 0. The Morgan fingerprint density at radius 3 is 2.67 bits per heavy atom. The molecule has 3 rings (SSSR count). The van der Waals surface area contributed by atoms with E-state index in [4.69, 9.17) is 0 Å². The lowest BCUT2D eigenvalue weighted by Crippen LogP contribution is -2.36. The van der Waals surface area contributed by atoms with E-state index in [1.54, 1.807) is 0 Å². The molecular weight excluding hydrogens is 302 g/mol. The van der Waals surface area contributed by atoms with E-state index in [2.05, 4.69) is 50.7 Å². The molecule has 0 aromatic carbocycles. The SMILES string of the molecule is C/C=C/CN1CCCC(c2nnc(CN3CCC(O)CC3)n2C)C1. The van der Waals surface area contributed by atoms with Crippen LogP contribution in [0.5, 0.6) is 0 Å². The Morgan fingerprint density at radius 2 is 1.92 bits per heavy atom. The first-order valence-electron chi connectivity index (χ1n) is 9.29. The molecule has 1 N–H and O–H groups in total. The Bertz CT molecular complexity index is 548. The quantitative estimate of drug-likeness (QED) is 0.828. The number of aliphatic hydroxyl groups excluding tert-OH is 1. The first kappa shape index (κ1) is 17.6. The predicted molar refractivity (Wildman–Crippen MR) is 94.7 cm³/mol. The fourth-order valence-corrected chi connectivity index (χ4v) is 3.83. The Morgan fingerprint density at radius 1 is 1.12 bits per heavy atom. The smallest absolute Gasteiger partial charge is 0.146 e. The topological polar surface area (TPSA) is 57.4 Å². The molecule has 2 aliphatic rings. The van der Waals surface area contributed by atoms with Crippen LogP contribution in [0.15, 0.2) is 12.2 Å². The molecule has 0 spiro atoms. The fourth-order valence-electron chi connectivity index (χ4n) is 3.83. The number of hydrogen-bond donors (Lipinski definition) is 1. The minimum atomic E-state index is -0.123. The van der Waals surface area contributed by atoms with Crippen molar-refractivity contribution >= 4 is 0 Å². The molecule has 24 heavy (non-hydrogen) atoms. The van der Waals surface area contributed by atoms with Crippen LogP contribution in [0.3, 0.4) is 0 Å². The van der Waals surface area contributed by atoms with Gasteiger partial charge in [0.25, 0.3) is 0 Å². The second kappa shape index (κ2) is 8.23. The van der Waals surface area contributed by atoms with Crippen molar-refractivity contribution in [2.75, 3.05) is 32.7 Å². The first-order valence-corrected chi connectivity index (χ1v) is 9.29. The normalized spacial score (nSPS) is 24.9. The highest BCUT2D eigenvalue weighted by Crippen LogP contribution is 2.26. The van der Waals surface area contributed by atoms with Gasteiger partial charge in [0.15, 0.2) is 0 Å². The number of rotatable bonds is 5. The zero-order valence-electron chi connectivity index (χ0n) is 15.1. The molecule has 1 atom stereocenters. The molecule has 0 saturated carbocycles. The van der Waals surface area contributed by atoms with E-state index in [-0.39, 0.29) is 6.10 Å². The van der Waals surface area contributed by atoms with E-state index >= 15 is 0 Å². The van der Waals surface area contributed by atoms with Gasteiger partial charge in [-0.1, -0.05) is 12.2 Å². The Hall–Kier alpha value is -1.24. The van der Waals surface area contributed by atoms with Crippen molar-refractivity contribution < 1.29 is 5.11 Å². The predicted octanol–water partition coefficient (Wildman–Crippen LogP) is 1.53. The summed E-state index contributed by atoms with van der Waals surface area (Å²) in [5.41, 5.74) is 0. The molecule has 2 fully saturated rings. The zero-order chi connectivity index (χ0) is 16.9. The van der Waals surface area contributed by atoms with Gasteiger partial charge in [-0.05, 0) is 39.2 Å². The van der Waals surface area contributed by atoms with Crippen LogP contribution in [0.4, 0.5) is 0 Å². The molecule has 3 heterocycles. The summed E-state index contributed by atoms with van der Waals surface area (Å²) in [5, 5.41) is 18.6. The monoisotopic (exact) mass is 333 g/mol. The maximum absolute atomic E-state index is 9.64. The molecule has 6 nitrogen and oxygen atoms in total. The van der Waals surface area contributed by atoms with Gasteiger partial charge in [-0.15, -0.1) is 10.2 Å². The Balaban J connectivity index is 1.61. The van der Waals surface area contributed by atoms with Crippen LogP contribution in [0.2, 0.25) is 0 Å². The van der Waals surface area contributed by atoms with Gasteiger partial charge in [-0.3, -0.25) is 9.80 Å². The lowest BCUT2D eigenvalue weighted by atomic mass is 9.97. The molecule has 0 amide bonds. The molecule has 2 saturated heterocycles. The highest BCUT2D eigenvalue weighted by molar-refractivity contribution is 5.04. The molecule has 0 aliphatic carbocycles. The van der Waals surface area contributed by atoms with Crippen LogP contribution < -0.4 is 0 Å². The van der Waals surface area contributed by atoms with Crippen molar-refractivity contribution in [3.63, 3.8) is 0 Å². The number of nitrogens with zero attached hydrogens (tertiary/aromatic N) is 5. The van der Waals surface area contributed by atoms with Gasteiger partial charge >= 0.3 is 0 Å². The average Bonchev–Trinajstić information content (AvgIpc) is 2.96. The van der Waals surface area contributed by atoms with E-state index in [9.17, 15) is 5.11 Å². The number of aromatic nitrogens is 3. The molecule has 0 bridgehead atoms. The second-order valence-electron chi connectivity index (χ2n) is 7.21. The second-order valence-corrected chi connectivity index (χ2v) is 7.21. The van der Waals surface area contributed by atoms with E-state index in [1.807, 2.05) is 0 Å². The van der Waals surface area contributed by atoms with Crippen LogP contribution in [0, 0.1) is 0 Å². The van der Waals surface area contributed by atoms with Crippen molar-refractivity contribution in [2.24, 2.45) is 7.05 Å². The van der Waals surface area contributed by atoms with Crippen molar-refractivity contribution in [3.05, 3.63) is 23.8 Å². The Kier molecular flexibility index (Phi) is 6.03. The third kappa shape index (κ3) is 4.23. The summed E-state index contributed by atoms with van der Waals surface area (Å²) in [5.74, 6) is 2.66. The summed E-state index contributed by atoms with van der Waals surface area (Å²) in [6.07, 6.45) is 8.40. The van der Waals surface area contributed by atoms with Gasteiger partial charge < -0.3 is 9.67 Å². The van der Waals surface area contributed by atoms with Crippen molar-refractivity contribution in [3.8, 4) is 0 Å². The molecule has 1 aromatic heterocycles. The number of likely N-dealkylation sites (tertiary alicyclic amines) is 2. The van der Waals surface area contributed by atoms with Gasteiger partial charge in [0.1, 0.15) is 11.6 Å². The summed E-state index contributed by atoms with van der Waals surface area (Å²) in [6.45, 7) is 8.11. The van der Waals surface area contributed by atoms with E-state index in [0.29, 0.717) is 5.92 Å².